The molecule has 1 aliphatic heterocycles. The average molecular weight is 344 g/mol. The Balaban J connectivity index is 1.45. The Morgan fingerprint density at radius 3 is 2.41 bits per heavy atom. The van der Waals surface area contributed by atoms with Crippen molar-refractivity contribution in [2.75, 3.05) is 26.2 Å². The highest BCUT2D eigenvalue weighted by Gasteiger charge is 2.08. The molecule has 0 spiro atoms. The molecule has 1 fully saturated rings. The molecule has 1 aromatic rings. The van der Waals surface area contributed by atoms with Crippen LogP contribution in [0.1, 0.15) is 51.4 Å². The van der Waals surface area contributed by atoms with Gasteiger partial charge in [0.05, 0.1) is 11.6 Å². The molecular weight excluding hydrogens is 317 g/mol. The monoisotopic (exact) mass is 343 g/mol. The van der Waals surface area contributed by atoms with Gasteiger partial charge in [-0.25, -0.2) is 0 Å². The lowest BCUT2D eigenvalue weighted by Crippen LogP contribution is -2.30. The number of benzene rings is 1. The van der Waals surface area contributed by atoms with Crippen LogP contribution in [0.5, 0.6) is 5.75 Å². The summed E-state index contributed by atoms with van der Waals surface area (Å²) in [6.07, 6.45) is 10.5. The Kier molecular flexibility index (Phi) is 8.43. The Morgan fingerprint density at radius 1 is 0.909 bits per heavy atom. The number of hydrogen-bond acceptors (Lipinski definition) is 2. The number of likely N-dealkylation sites (tertiary alicyclic amines) is 1. The minimum Gasteiger partial charge on any atom is -0.492 e. The van der Waals surface area contributed by atoms with Gasteiger partial charge in [0.15, 0.2) is 0 Å². The molecule has 1 aromatic carbocycles. The van der Waals surface area contributed by atoms with Crippen LogP contribution in [-0.2, 0) is 0 Å². The summed E-state index contributed by atoms with van der Waals surface area (Å²) >= 11 is 11.9. The Bertz CT molecular complexity index is 433. The van der Waals surface area contributed by atoms with Crippen molar-refractivity contribution in [3.8, 4) is 5.75 Å². The van der Waals surface area contributed by atoms with E-state index in [1.54, 1.807) is 6.07 Å². The quantitative estimate of drug-likeness (QED) is 0.524. The van der Waals surface area contributed by atoms with Gasteiger partial charge in [0, 0.05) is 5.02 Å². The lowest BCUT2D eigenvalue weighted by Gasteiger charge is -2.26. The van der Waals surface area contributed by atoms with Gasteiger partial charge in [0.2, 0.25) is 0 Å². The van der Waals surface area contributed by atoms with Crippen molar-refractivity contribution in [2.45, 2.75) is 51.4 Å². The van der Waals surface area contributed by atoms with Crippen LogP contribution in [0.25, 0.3) is 0 Å². The summed E-state index contributed by atoms with van der Waals surface area (Å²) in [6.45, 7) is 4.65. The van der Waals surface area contributed by atoms with Crippen LogP contribution < -0.4 is 4.74 Å². The number of rotatable bonds is 9. The smallest absolute Gasteiger partial charge is 0.137 e. The first-order valence-corrected chi connectivity index (χ1v) is 9.31. The van der Waals surface area contributed by atoms with Gasteiger partial charge >= 0.3 is 0 Å². The predicted octanol–water partition coefficient (Wildman–Crippen LogP) is 5.81. The fraction of sp³-hybridized carbons (Fsp3) is 0.667. The van der Waals surface area contributed by atoms with Gasteiger partial charge in [-0.1, -0.05) is 48.9 Å². The molecule has 0 unspecified atom stereocenters. The third-order valence-corrected chi connectivity index (χ3v) is 4.75. The van der Waals surface area contributed by atoms with Crippen molar-refractivity contribution >= 4 is 23.2 Å². The zero-order chi connectivity index (χ0) is 15.6. The van der Waals surface area contributed by atoms with Crippen molar-refractivity contribution in [3.05, 3.63) is 28.2 Å². The molecule has 124 valence electrons. The minimum absolute atomic E-state index is 0.592. The summed E-state index contributed by atoms with van der Waals surface area (Å²) in [5.74, 6) is 0.733. The van der Waals surface area contributed by atoms with Crippen molar-refractivity contribution in [1.29, 1.82) is 0 Å². The van der Waals surface area contributed by atoms with Gasteiger partial charge in [0.25, 0.3) is 0 Å². The van der Waals surface area contributed by atoms with Crippen molar-refractivity contribution in [3.63, 3.8) is 0 Å². The van der Waals surface area contributed by atoms with Crippen LogP contribution >= 0.6 is 23.2 Å². The molecule has 2 nitrogen and oxygen atoms in total. The molecular formula is C18H27Cl2NO. The first-order valence-electron chi connectivity index (χ1n) is 8.56. The van der Waals surface area contributed by atoms with Gasteiger partial charge in [-0.15, -0.1) is 0 Å². The van der Waals surface area contributed by atoms with E-state index in [0.717, 1.165) is 18.8 Å². The van der Waals surface area contributed by atoms with E-state index in [1.807, 2.05) is 12.1 Å². The molecule has 1 heterocycles. The van der Waals surface area contributed by atoms with Crippen LogP contribution in [0.4, 0.5) is 0 Å². The van der Waals surface area contributed by atoms with E-state index in [9.17, 15) is 0 Å². The Morgan fingerprint density at radius 2 is 1.64 bits per heavy atom. The summed E-state index contributed by atoms with van der Waals surface area (Å²) in [7, 11) is 0. The van der Waals surface area contributed by atoms with E-state index in [0.29, 0.717) is 10.0 Å². The number of piperidine rings is 1. The molecule has 0 atom stereocenters. The molecule has 0 amide bonds. The van der Waals surface area contributed by atoms with Crippen molar-refractivity contribution in [1.82, 2.24) is 4.90 Å². The molecule has 0 aliphatic carbocycles. The molecule has 1 saturated heterocycles. The molecule has 0 aromatic heterocycles. The zero-order valence-corrected chi connectivity index (χ0v) is 14.8. The number of nitrogens with zero attached hydrogens (tertiary/aromatic N) is 1. The van der Waals surface area contributed by atoms with Gasteiger partial charge in [-0.3, -0.25) is 0 Å². The fourth-order valence-electron chi connectivity index (χ4n) is 2.93. The molecule has 4 heteroatoms. The molecule has 22 heavy (non-hydrogen) atoms. The second-order valence-electron chi connectivity index (χ2n) is 6.09. The topological polar surface area (TPSA) is 12.5 Å². The lowest BCUT2D eigenvalue weighted by atomic mass is 10.1. The third-order valence-electron chi connectivity index (χ3n) is 4.22. The van der Waals surface area contributed by atoms with E-state index in [2.05, 4.69) is 4.90 Å². The maximum Gasteiger partial charge on any atom is 0.137 e. The highest BCUT2D eigenvalue weighted by molar-refractivity contribution is 6.35. The second kappa shape index (κ2) is 10.4. The highest BCUT2D eigenvalue weighted by Crippen LogP contribution is 2.27. The van der Waals surface area contributed by atoms with E-state index >= 15 is 0 Å². The first kappa shape index (κ1) is 17.9. The fourth-order valence-corrected chi connectivity index (χ4v) is 3.39. The summed E-state index contributed by atoms with van der Waals surface area (Å²) in [4.78, 5) is 2.62. The molecule has 0 N–H and O–H groups in total. The van der Waals surface area contributed by atoms with Crippen molar-refractivity contribution in [2.24, 2.45) is 0 Å². The van der Waals surface area contributed by atoms with Crippen LogP contribution in [-0.4, -0.2) is 31.1 Å². The number of hydrogen-bond donors (Lipinski definition) is 0. The first-order chi connectivity index (χ1) is 10.8. The van der Waals surface area contributed by atoms with Gasteiger partial charge in [-0.05, 0) is 63.5 Å². The van der Waals surface area contributed by atoms with Crippen LogP contribution in [0.3, 0.4) is 0 Å². The lowest BCUT2D eigenvalue weighted by molar-refractivity contribution is 0.223. The molecule has 0 radical (unpaired) electrons. The second-order valence-corrected chi connectivity index (χ2v) is 6.94. The largest absolute Gasteiger partial charge is 0.492 e. The van der Waals surface area contributed by atoms with E-state index in [-0.39, 0.29) is 0 Å². The SMILES string of the molecule is Clc1ccc(OCCCCCCCN2CCCCC2)c(Cl)c1. The van der Waals surface area contributed by atoms with E-state index < -0.39 is 0 Å². The van der Waals surface area contributed by atoms with Crippen molar-refractivity contribution < 1.29 is 4.74 Å². The Hall–Kier alpha value is -0.440. The molecule has 1 aliphatic rings. The summed E-state index contributed by atoms with van der Waals surface area (Å²) < 4.78 is 5.69. The maximum atomic E-state index is 6.07. The van der Waals surface area contributed by atoms with E-state index in [4.69, 9.17) is 27.9 Å². The molecule has 0 saturated carbocycles. The normalized spacial score (nSPS) is 15.9. The van der Waals surface area contributed by atoms with Gasteiger partial charge in [0.1, 0.15) is 5.75 Å². The summed E-state index contributed by atoms with van der Waals surface area (Å²) in [5, 5.41) is 1.24. The Labute approximate surface area is 144 Å². The summed E-state index contributed by atoms with van der Waals surface area (Å²) in [5.41, 5.74) is 0. The van der Waals surface area contributed by atoms with Gasteiger partial charge < -0.3 is 9.64 Å². The predicted molar refractivity (Wildman–Crippen MR) is 95.3 cm³/mol. The third kappa shape index (κ3) is 6.76. The highest BCUT2D eigenvalue weighted by atomic mass is 35.5. The summed E-state index contributed by atoms with van der Waals surface area (Å²) in [6, 6.07) is 5.37. The maximum absolute atomic E-state index is 6.07. The van der Waals surface area contributed by atoms with Crippen LogP contribution in [0.2, 0.25) is 10.0 Å². The van der Waals surface area contributed by atoms with Crippen LogP contribution in [0.15, 0.2) is 18.2 Å². The van der Waals surface area contributed by atoms with E-state index in [1.165, 1.54) is 64.6 Å². The minimum atomic E-state index is 0.592. The van der Waals surface area contributed by atoms with Gasteiger partial charge in [-0.2, -0.15) is 0 Å². The average Bonchev–Trinajstić information content (AvgIpc) is 2.52. The zero-order valence-electron chi connectivity index (χ0n) is 13.3. The molecule has 0 bridgehead atoms. The number of unbranched alkanes of at least 4 members (excludes halogenated alkanes) is 4. The van der Waals surface area contributed by atoms with Crippen LogP contribution in [0, 0.1) is 0 Å². The molecule has 2 rings (SSSR count). The number of ether oxygens (including phenoxy) is 1. The standard InChI is InChI=1S/C18H27Cl2NO/c19-16-9-10-18(17(20)15-16)22-14-8-3-1-2-5-11-21-12-6-4-7-13-21/h9-10,15H,1-8,11-14H2. The number of halogens is 2.